The van der Waals surface area contributed by atoms with Crippen molar-refractivity contribution >= 4 is 15.7 Å². The van der Waals surface area contributed by atoms with Gasteiger partial charge in [0.25, 0.3) is 0 Å². The van der Waals surface area contributed by atoms with Crippen molar-refractivity contribution < 1.29 is 22.4 Å². The second-order valence-corrected chi connectivity index (χ2v) is 6.28. The van der Waals surface area contributed by atoms with Gasteiger partial charge in [0.05, 0.1) is 24.8 Å². The standard InChI is InChI=1S/C14H15NO5S/c1-19-11-4-2-6-13(8-11)21(17,18)10-14(16)15-9-12-5-3-7-20-12/h2-8H,9-10H2,1H3,(H,15,16). The van der Waals surface area contributed by atoms with Crippen molar-refractivity contribution in [3.05, 3.63) is 48.4 Å². The minimum atomic E-state index is -3.71. The molecule has 1 heterocycles. The summed E-state index contributed by atoms with van der Waals surface area (Å²) >= 11 is 0. The van der Waals surface area contributed by atoms with Crippen LogP contribution in [0.15, 0.2) is 52.0 Å². The van der Waals surface area contributed by atoms with E-state index in [-0.39, 0.29) is 11.4 Å². The first-order chi connectivity index (χ1) is 10.0. The van der Waals surface area contributed by atoms with Crippen molar-refractivity contribution in [2.45, 2.75) is 11.4 Å². The lowest BCUT2D eigenvalue weighted by Crippen LogP contribution is -2.29. The molecule has 112 valence electrons. The fourth-order valence-corrected chi connectivity index (χ4v) is 2.90. The highest BCUT2D eigenvalue weighted by atomic mass is 32.2. The van der Waals surface area contributed by atoms with Crippen LogP contribution in [0.2, 0.25) is 0 Å². The van der Waals surface area contributed by atoms with Crippen molar-refractivity contribution in [3.8, 4) is 5.75 Å². The first kappa shape index (κ1) is 15.1. The van der Waals surface area contributed by atoms with Gasteiger partial charge in [-0.15, -0.1) is 0 Å². The zero-order valence-corrected chi connectivity index (χ0v) is 12.2. The number of amides is 1. The number of rotatable bonds is 6. The van der Waals surface area contributed by atoms with E-state index < -0.39 is 21.5 Å². The Balaban J connectivity index is 2.01. The van der Waals surface area contributed by atoms with E-state index in [1.165, 1.54) is 25.5 Å². The predicted octanol–water partition coefficient (Wildman–Crippen LogP) is 1.38. The Morgan fingerprint density at radius 2 is 2.10 bits per heavy atom. The van der Waals surface area contributed by atoms with E-state index in [1.807, 2.05) is 0 Å². The number of methoxy groups -OCH3 is 1. The summed E-state index contributed by atoms with van der Waals surface area (Å²) in [6.45, 7) is 0.152. The van der Waals surface area contributed by atoms with E-state index in [0.717, 1.165) is 0 Å². The maximum Gasteiger partial charge on any atom is 0.235 e. The van der Waals surface area contributed by atoms with Gasteiger partial charge in [0.1, 0.15) is 17.3 Å². The summed E-state index contributed by atoms with van der Waals surface area (Å²) in [6, 6.07) is 9.39. The Morgan fingerprint density at radius 3 is 2.76 bits per heavy atom. The number of carbonyl (C=O) groups excluding carboxylic acids is 1. The number of hydrogen-bond acceptors (Lipinski definition) is 5. The number of benzene rings is 1. The largest absolute Gasteiger partial charge is 0.497 e. The average molecular weight is 309 g/mol. The minimum absolute atomic E-state index is 0.0509. The van der Waals surface area contributed by atoms with Gasteiger partial charge in [0.15, 0.2) is 9.84 Å². The number of ether oxygens (including phenoxy) is 1. The van der Waals surface area contributed by atoms with Gasteiger partial charge >= 0.3 is 0 Å². The Labute approximate surface area is 122 Å². The molecule has 0 fully saturated rings. The van der Waals surface area contributed by atoms with Crippen LogP contribution >= 0.6 is 0 Å². The van der Waals surface area contributed by atoms with E-state index >= 15 is 0 Å². The normalized spacial score (nSPS) is 11.1. The summed E-state index contributed by atoms with van der Waals surface area (Å²) in [7, 11) is -2.26. The molecule has 1 aromatic heterocycles. The van der Waals surface area contributed by atoms with Crippen LogP contribution in [0.5, 0.6) is 5.75 Å². The van der Waals surface area contributed by atoms with Crippen LogP contribution in [-0.2, 0) is 21.2 Å². The summed E-state index contributed by atoms with van der Waals surface area (Å²) in [4.78, 5) is 11.8. The quantitative estimate of drug-likeness (QED) is 0.871. The first-order valence-corrected chi connectivity index (χ1v) is 7.82. The second kappa shape index (κ2) is 6.45. The van der Waals surface area contributed by atoms with E-state index in [2.05, 4.69) is 5.32 Å². The molecule has 2 rings (SSSR count). The van der Waals surface area contributed by atoms with Gasteiger partial charge in [-0.2, -0.15) is 0 Å². The number of carbonyl (C=O) groups is 1. The monoisotopic (exact) mass is 309 g/mol. The maximum absolute atomic E-state index is 12.1. The molecule has 0 spiro atoms. The number of nitrogens with one attached hydrogen (secondary N) is 1. The van der Waals surface area contributed by atoms with Gasteiger partial charge < -0.3 is 14.5 Å². The summed E-state index contributed by atoms with van der Waals surface area (Å²) < 4.78 is 34.3. The molecule has 21 heavy (non-hydrogen) atoms. The number of hydrogen-bond donors (Lipinski definition) is 1. The van der Waals surface area contributed by atoms with E-state index in [0.29, 0.717) is 11.5 Å². The van der Waals surface area contributed by atoms with Gasteiger partial charge in [0, 0.05) is 0 Å². The van der Waals surface area contributed by atoms with Crippen molar-refractivity contribution in [3.63, 3.8) is 0 Å². The van der Waals surface area contributed by atoms with E-state index in [1.54, 1.807) is 24.3 Å². The molecule has 0 aliphatic carbocycles. The molecule has 0 radical (unpaired) electrons. The zero-order valence-electron chi connectivity index (χ0n) is 11.4. The van der Waals surface area contributed by atoms with E-state index in [4.69, 9.17) is 9.15 Å². The molecule has 0 aliphatic heterocycles. The molecular formula is C14H15NO5S. The topological polar surface area (TPSA) is 85.6 Å². The Bertz CT molecular complexity index is 707. The molecule has 2 aromatic rings. The van der Waals surface area contributed by atoms with E-state index in [9.17, 15) is 13.2 Å². The summed E-state index contributed by atoms with van der Waals surface area (Å²) in [6.07, 6.45) is 1.48. The zero-order chi connectivity index (χ0) is 15.3. The molecule has 0 bridgehead atoms. The summed E-state index contributed by atoms with van der Waals surface area (Å²) in [5, 5.41) is 2.50. The highest BCUT2D eigenvalue weighted by Crippen LogP contribution is 2.18. The van der Waals surface area contributed by atoms with Crippen molar-refractivity contribution in [2.24, 2.45) is 0 Å². The third kappa shape index (κ3) is 4.09. The molecule has 0 aliphatic rings. The highest BCUT2D eigenvalue weighted by Gasteiger charge is 2.19. The number of furan rings is 1. The Hall–Kier alpha value is -2.28. The smallest absolute Gasteiger partial charge is 0.235 e. The molecule has 0 unspecified atom stereocenters. The van der Waals surface area contributed by atoms with Crippen LogP contribution in [0, 0.1) is 0 Å². The van der Waals surface area contributed by atoms with Crippen LogP contribution in [0.1, 0.15) is 5.76 Å². The van der Waals surface area contributed by atoms with Gasteiger partial charge in [-0.25, -0.2) is 8.42 Å². The summed E-state index contributed by atoms with van der Waals surface area (Å²) in [5.74, 6) is -0.232. The van der Waals surface area contributed by atoms with Gasteiger partial charge in [0.2, 0.25) is 5.91 Å². The third-order valence-corrected chi connectivity index (χ3v) is 4.38. The molecular weight excluding hydrogens is 294 g/mol. The Kier molecular flexibility index (Phi) is 4.64. The van der Waals surface area contributed by atoms with Gasteiger partial charge in [-0.1, -0.05) is 6.07 Å². The second-order valence-electron chi connectivity index (χ2n) is 4.29. The van der Waals surface area contributed by atoms with Crippen molar-refractivity contribution in [1.82, 2.24) is 5.32 Å². The molecule has 1 aromatic carbocycles. The third-order valence-electron chi connectivity index (χ3n) is 2.76. The SMILES string of the molecule is COc1cccc(S(=O)(=O)CC(=O)NCc2ccco2)c1. The molecule has 0 saturated heterocycles. The first-order valence-electron chi connectivity index (χ1n) is 6.17. The van der Waals surface area contributed by atoms with Crippen LogP contribution in [0.4, 0.5) is 0 Å². The van der Waals surface area contributed by atoms with Crippen LogP contribution in [0.25, 0.3) is 0 Å². The Morgan fingerprint density at radius 1 is 1.29 bits per heavy atom. The van der Waals surface area contributed by atoms with Crippen molar-refractivity contribution in [2.75, 3.05) is 12.9 Å². The van der Waals surface area contributed by atoms with Crippen LogP contribution in [-0.4, -0.2) is 27.2 Å². The molecule has 1 N–H and O–H groups in total. The fraction of sp³-hybridized carbons (Fsp3) is 0.214. The molecule has 1 amide bonds. The lowest BCUT2D eigenvalue weighted by Gasteiger charge is -2.07. The predicted molar refractivity (Wildman–Crippen MR) is 75.6 cm³/mol. The lowest BCUT2D eigenvalue weighted by atomic mass is 10.3. The highest BCUT2D eigenvalue weighted by molar-refractivity contribution is 7.92. The van der Waals surface area contributed by atoms with Crippen molar-refractivity contribution in [1.29, 1.82) is 0 Å². The molecule has 0 saturated carbocycles. The number of sulfone groups is 1. The maximum atomic E-state index is 12.1. The molecule has 6 nitrogen and oxygen atoms in total. The average Bonchev–Trinajstić information content (AvgIpc) is 2.98. The fourth-order valence-electron chi connectivity index (χ4n) is 1.70. The van der Waals surface area contributed by atoms with Crippen LogP contribution < -0.4 is 10.1 Å². The lowest BCUT2D eigenvalue weighted by molar-refractivity contribution is -0.118. The molecule has 0 atom stereocenters. The summed E-state index contributed by atoms with van der Waals surface area (Å²) in [5.41, 5.74) is 0. The molecule has 7 heteroatoms. The van der Waals surface area contributed by atoms with Gasteiger partial charge in [-0.3, -0.25) is 4.79 Å². The van der Waals surface area contributed by atoms with Crippen LogP contribution in [0.3, 0.4) is 0 Å². The minimum Gasteiger partial charge on any atom is -0.497 e. The van der Waals surface area contributed by atoms with Gasteiger partial charge in [-0.05, 0) is 30.3 Å².